The molecular weight excluding hydrogens is 262 g/mol. The first kappa shape index (κ1) is 17.5. The van der Waals surface area contributed by atoms with E-state index < -0.39 is 39.9 Å². The number of amides is 2. The lowest BCUT2D eigenvalue weighted by molar-refractivity contribution is -0.140. The van der Waals surface area contributed by atoms with Crippen LogP contribution in [-0.4, -0.2) is 52.2 Å². The van der Waals surface area contributed by atoms with Crippen LogP contribution in [0.3, 0.4) is 0 Å². The summed E-state index contributed by atoms with van der Waals surface area (Å²) in [7, 11) is -4.15. The Hall–Kier alpha value is -1.88. The highest BCUT2D eigenvalue weighted by molar-refractivity contribution is 7.85. The van der Waals surface area contributed by atoms with Gasteiger partial charge in [-0.05, 0) is 0 Å². The van der Waals surface area contributed by atoms with E-state index in [0.717, 1.165) is 5.32 Å². The van der Waals surface area contributed by atoms with Crippen LogP contribution < -0.4 is 5.32 Å². The molecule has 11 heteroatoms. The van der Waals surface area contributed by atoms with Gasteiger partial charge in [0.2, 0.25) is 0 Å². The lowest BCUT2D eigenvalue weighted by Gasteiger charge is -2.00. The van der Waals surface area contributed by atoms with Crippen LogP contribution in [0.1, 0.15) is 6.92 Å². The van der Waals surface area contributed by atoms with E-state index in [9.17, 15) is 22.8 Å². The van der Waals surface area contributed by atoms with Crippen molar-refractivity contribution in [1.82, 2.24) is 5.32 Å². The van der Waals surface area contributed by atoms with Crippen molar-refractivity contribution in [3.8, 4) is 0 Å². The number of hydrogen-bond acceptors (Lipinski definition) is 5. The molecule has 0 aromatic rings. The summed E-state index contributed by atoms with van der Waals surface area (Å²) < 4.78 is 28.2. The molecule has 0 heterocycles. The van der Waals surface area contributed by atoms with Crippen molar-refractivity contribution in [2.75, 3.05) is 5.75 Å². The summed E-state index contributed by atoms with van der Waals surface area (Å²) in [6.45, 7) is 1.20. The quantitative estimate of drug-likeness (QED) is 0.425. The molecule has 2 amide bonds. The molecule has 0 aromatic heterocycles. The Morgan fingerprint density at radius 1 is 1.12 bits per heavy atom. The molecule has 0 aromatic carbocycles. The molecule has 100 valence electrons. The van der Waals surface area contributed by atoms with Crippen LogP contribution in [0.15, 0.2) is 0 Å². The van der Waals surface area contributed by atoms with Gasteiger partial charge in [-0.15, -0.1) is 0 Å². The average Bonchev–Trinajstić information content (AvgIpc) is 1.98. The van der Waals surface area contributed by atoms with Crippen molar-refractivity contribution in [1.29, 1.82) is 0 Å². The first-order chi connectivity index (χ1) is 7.45. The van der Waals surface area contributed by atoms with Gasteiger partial charge < -0.3 is 15.3 Å². The SMILES string of the molecule is CC(CS(=O)(=O)O)C(=O)O.O=C(O)NC(=O)O. The van der Waals surface area contributed by atoms with Crippen molar-refractivity contribution in [2.45, 2.75) is 6.92 Å². The van der Waals surface area contributed by atoms with Gasteiger partial charge in [-0.3, -0.25) is 9.35 Å². The van der Waals surface area contributed by atoms with E-state index in [4.69, 9.17) is 19.9 Å². The van der Waals surface area contributed by atoms with Crippen molar-refractivity contribution >= 4 is 28.3 Å². The monoisotopic (exact) mass is 273 g/mol. The van der Waals surface area contributed by atoms with Gasteiger partial charge in [-0.2, -0.15) is 8.42 Å². The van der Waals surface area contributed by atoms with Crippen LogP contribution in [0.5, 0.6) is 0 Å². The van der Waals surface area contributed by atoms with E-state index in [2.05, 4.69) is 0 Å². The highest BCUT2D eigenvalue weighted by atomic mass is 32.2. The highest BCUT2D eigenvalue weighted by Gasteiger charge is 2.17. The molecule has 0 aliphatic carbocycles. The molecule has 1 atom stereocenters. The summed E-state index contributed by atoms with van der Waals surface area (Å²) in [5.41, 5.74) is 0. The molecule has 0 spiro atoms. The van der Waals surface area contributed by atoms with Gasteiger partial charge in [0.25, 0.3) is 10.1 Å². The normalized spacial score (nSPS) is 11.6. The maximum atomic E-state index is 10.0. The molecule has 5 N–H and O–H groups in total. The second-order valence-corrected chi connectivity index (χ2v) is 4.22. The lowest BCUT2D eigenvalue weighted by Crippen LogP contribution is -2.26. The fraction of sp³-hybridized carbons (Fsp3) is 0.500. The van der Waals surface area contributed by atoms with Crippen LogP contribution in [-0.2, 0) is 14.9 Å². The van der Waals surface area contributed by atoms with Crippen molar-refractivity contribution in [2.24, 2.45) is 5.92 Å². The zero-order valence-corrected chi connectivity index (χ0v) is 9.34. The summed E-state index contributed by atoms with van der Waals surface area (Å²) in [5.74, 6) is -3.03. The third kappa shape index (κ3) is 16.8. The Bertz CT molecular complexity index is 374. The average molecular weight is 273 g/mol. The number of imide groups is 1. The predicted molar refractivity (Wildman–Crippen MR) is 52.4 cm³/mol. The standard InChI is InChI=1S/C4H8O5S.C2H3NO4/c1-3(4(5)6)2-10(7,8)9;4-1(5)3-2(6)7/h3H,2H2,1H3,(H,5,6)(H,7,8,9);3H,(H,4,5)(H,6,7). The molecule has 0 saturated heterocycles. The molecule has 0 aliphatic rings. The molecule has 0 rings (SSSR count). The van der Waals surface area contributed by atoms with Crippen LogP contribution in [0, 0.1) is 5.92 Å². The van der Waals surface area contributed by atoms with E-state index in [1.165, 1.54) is 6.92 Å². The summed E-state index contributed by atoms with van der Waals surface area (Å²) in [4.78, 5) is 28.6. The number of nitrogens with one attached hydrogen (secondary N) is 1. The number of carboxylic acid groups (broad SMARTS) is 3. The molecule has 0 fully saturated rings. The van der Waals surface area contributed by atoms with E-state index >= 15 is 0 Å². The van der Waals surface area contributed by atoms with Crippen LogP contribution in [0.2, 0.25) is 0 Å². The molecule has 0 saturated carbocycles. The third-order valence-corrected chi connectivity index (χ3v) is 2.02. The summed E-state index contributed by atoms with van der Waals surface area (Å²) in [6, 6.07) is 0. The van der Waals surface area contributed by atoms with Gasteiger partial charge in [0.1, 0.15) is 0 Å². The fourth-order valence-electron chi connectivity index (χ4n) is 0.479. The summed E-state index contributed by atoms with van der Waals surface area (Å²) >= 11 is 0. The van der Waals surface area contributed by atoms with Crippen molar-refractivity contribution in [3.05, 3.63) is 0 Å². The van der Waals surface area contributed by atoms with Gasteiger partial charge in [0, 0.05) is 0 Å². The number of aliphatic carboxylic acids is 1. The molecular formula is C6H11NO9S. The van der Waals surface area contributed by atoms with E-state index in [-0.39, 0.29) is 0 Å². The Balaban J connectivity index is 0. The lowest BCUT2D eigenvalue weighted by atomic mass is 10.2. The Morgan fingerprint density at radius 2 is 1.47 bits per heavy atom. The van der Waals surface area contributed by atoms with Crippen molar-refractivity contribution in [3.63, 3.8) is 0 Å². The Labute approximate surface area is 95.6 Å². The van der Waals surface area contributed by atoms with Crippen LogP contribution >= 0.6 is 0 Å². The molecule has 0 aliphatic heterocycles. The van der Waals surface area contributed by atoms with Gasteiger partial charge in [-0.1, -0.05) is 6.92 Å². The minimum absolute atomic E-state index is 0.734. The van der Waals surface area contributed by atoms with Crippen LogP contribution in [0.25, 0.3) is 0 Å². The molecule has 10 nitrogen and oxygen atoms in total. The fourth-order valence-corrected chi connectivity index (χ4v) is 1.25. The molecule has 17 heavy (non-hydrogen) atoms. The maximum Gasteiger partial charge on any atom is 0.414 e. The first-order valence-corrected chi connectivity index (χ1v) is 5.47. The van der Waals surface area contributed by atoms with Gasteiger partial charge in [0.15, 0.2) is 0 Å². The Morgan fingerprint density at radius 3 is 1.53 bits per heavy atom. The third-order valence-electron chi connectivity index (χ3n) is 1.10. The van der Waals surface area contributed by atoms with Gasteiger partial charge in [-0.25, -0.2) is 14.9 Å². The topological polar surface area (TPSA) is 178 Å². The van der Waals surface area contributed by atoms with Gasteiger partial charge in [0.05, 0.1) is 11.7 Å². The minimum atomic E-state index is -4.15. The zero-order chi connectivity index (χ0) is 14.2. The Kier molecular flexibility index (Phi) is 7.63. The maximum absolute atomic E-state index is 10.0. The number of hydrogen-bond donors (Lipinski definition) is 5. The smallest absolute Gasteiger partial charge is 0.414 e. The highest BCUT2D eigenvalue weighted by Crippen LogP contribution is 1.98. The predicted octanol–water partition coefficient (Wildman–Crippen LogP) is -0.473. The number of carbonyl (C=O) groups is 3. The minimum Gasteiger partial charge on any atom is -0.481 e. The summed E-state index contributed by atoms with van der Waals surface area (Å²) in [6.07, 6.45) is -3.12. The van der Waals surface area contributed by atoms with E-state index in [1.54, 1.807) is 0 Å². The second-order valence-electron chi connectivity index (χ2n) is 2.72. The second kappa shape index (κ2) is 7.40. The molecule has 0 radical (unpaired) electrons. The largest absolute Gasteiger partial charge is 0.481 e. The van der Waals surface area contributed by atoms with Gasteiger partial charge >= 0.3 is 18.2 Å². The molecule has 1 unspecified atom stereocenters. The summed E-state index contributed by atoms with van der Waals surface area (Å²) in [5, 5.41) is 24.5. The first-order valence-electron chi connectivity index (χ1n) is 3.86. The zero-order valence-electron chi connectivity index (χ0n) is 8.52. The number of carboxylic acids is 1. The molecule has 0 bridgehead atoms. The number of rotatable bonds is 3. The van der Waals surface area contributed by atoms with E-state index in [1.807, 2.05) is 0 Å². The van der Waals surface area contributed by atoms with E-state index in [0.29, 0.717) is 0 Å². The van der Waals surface area contributed by atoms with Crippen LogP contribution in [0.4, 0.5) is 9.59 Å². The van der Waals surface area contributed by atoms with Crippen molar-refractivity contribution < 1.29 is 42.7 Å².